The average Bonchev–Trinajstić information content (AvgIpc) is 2.73. The van der Waals surface area contributed by atoms with E-state index in [0.29, 0.717) is 13.2 Å². The molecule has 0 unspecified atom stereocenters. The summed E-state index contributed by atoms with van der Waals surface area (Å²) < 4.78 is 19.3. The third kappa shape index (κ3) is 4.40. The molecule has 3 heteroatoms. The maximum Gasteiger partial charge on any atom is 0.125 e. The molecule has 0 aliphatic carbocycles. The predicted molar refractivity (Wildman–Crippen MR) is 118 cm³/mol. The van der Waals surface area contributed by atoms with Crippen LogP contribution in [-0.2, 0) is 13.2 Å². The third-order valence-corrected chi connectivity index (χ3v) is 5.14. The monoisotopic (exact) mass is 385 g/mol. The summed E-state index contributed by atoms with van der Waals surface area (Å²) in [5.74, 6) is 0.600. The maximum atomic E-state index is 13.2. The molecule has 0 atom stereocenters. The van der Waals surface area contributed by atoms with Crippen molar-refractivity contribution in [3.05, 3.63) is 107 Å². The second-order valence-electron chi connectivity index (χ2n) is 7.35. The first kappa shape index (κ1) is 19.0. The largest absolute Gasteiger partial charge is 0.489 e. The third-order valence-electron chi connectivity index (χ3n) is 5.14. The SMILES string of the molecule is Cc1ccc(NCc2c(OCc3ccc(F)cc3)ccc3ccccc23)c(C)c1. The Morgan fingerprint density at radius 1 is 0.862 bits per heavy atom. The number of ether oxygens (including phenoxy) is 1. The predicted octanol–water partition coefficient (Wildman–Crippen LogP) is 6.79. The lowest BCUT2D eigenvalue weighted by molar-refractivity contribution is 0.303. The standard InChI is InChI=1S/C26H24FNO/c1-18-7-13-25(19(2)15-18)28-16-24-23-6-4-3-5-21(23)10-14-26(24)29-17-20-8-11-22(27)12-9-20/h3-15,28H,16-17H2,1-2H3. The van der Waals surface area contributed by atoms with E-state index in [1.807, 2.05) is 18.2 Å². The Labute approximate surface area is 171 Å². The van der Waals surface area contributed by atoms with Gasteiger partial charge in [-0.1, -0.05) is 60.2 Å². The highest BCUT2D eigenvalue weighted by Gasteiger charge is 2.10. The lowest BCUT2D eigenvalue weighted by atomic mass is 10.0. The van der Waals surface area contributed by atoms with Gasteiger partial charge < -0.3 is 10.1 Å². The molecule has 0 aliphatic rings. The van der Waals surface area contributed by atoms with E-state index in [0.717, 1.165) is 22.6 Å². The molecule has 0 heterocycles. The minimum atomic E-state index is -0.238. The van der Waals surface area contributed by atoms with Crippen LogP contribution in [0.3, 0.4) is 0 Å². The number of nitrogens with one attached hydrogen (secondary N) is 1. The fraction of sp³-hybridized carbons (Fsp3) is 0.154. The molecule has 0 fully saturated rings. The Balaban J connectivity index is 1.62. The van der Waals surface area contributed by atoms with Crippen molar-refractivity contribution >= 4 is 16.5 Å². The van der Waals surface area contributed by atoms with Crippen LogP contribution >= 0.6 is 0 Å². The van der Waals surface area contributed by atoms with E-state index in [1.54, 1.807) is 12.1 Å². The first-order chi connectivity index (χ1) is 14.1. The van der Waals surface area contributed by atoms with Gasteiger partial charge in [0.05, 0.1) is 0 Å². The van der Waals surface area contributed by atoms with E-state index in [-0.39, 0.29) is 5.82 Å². The molecule has 4 rings (SSSR count). The van der Waals surface area contributed by atoms with Crippen LogP contribution < -0.4 is 10.1 Å². The zero-order chi connectivity index (χ0) is 20.2. The molecule has 29 heavy (non-hydrogen) atoms. The van der Waals surface area contributed by atoms with Gasteiger partial charge in [0.2, 0.25) is 0 Å². The molecule has 0 aromatic heterocycles. The van der Waals surface area contributed by atoms with Crippen LogP contribution in [0.2, 0.25) is 0 Å². The highest BCUT2D eigenvalue weighted by atomic mass is 19.1. The number of aryl methyl sites for hydroxylation is 2. The van der Waals surface area contributed by atoms with Gasteiger partial charge in [0, 0.05) is 17.8 Å². The number of hydrogen-bond acceptors (Lipinski definition) is 2. The number of halogens is 1. The molecule has 4 aromatic carbocycles. The lowest BCUT2D eigenvalue weighted by Crippen LogP contribution is -2.05. The number of fused-ring (bicyclic) bond motifs is 1. The summed E-state index contributed by atoms with van der Waals surface area (Å²) in [6.45, 7) is 5.27. The second-order valence-corrected chi connectivity index (χ2v) is 7.35. The Morgan fingerprint density at radius 2 is 1.66 bits per heavy atom. The zero-order valence-electron chi connectivity index (χ0n) is 16.7. The molecule has 0 radical (unpaired) electrons. The minimum absolute atomic E-state index is 0.238. The molecule has 2 nitrogen and oxygen atoms in total. The van der Waals surface area contributed by atoms with Crippen molar-refractivity contribution in [3.63, 3.8) is 0 Å². The quantitative estimate of drug-likeness (QED) is 0.395. The van der Waals surface area contributed by atoms with Crippen molar-refractivity contribution in [1.29, 1.82) is 0 Å². The van der Waals surface area contributed by atoms with Crippen molar-refractivity contribution in [3.8, 4) is 5.75 Å². The van der Waals surface area contributed by atoms with Gasteiger partial charge >= 0.3 is 0 Å². The first-order valence-electron chi connectivity index (χ1n) is 9.79. The number of benzene rings is 4. The van der Waals surface area contributed by atoms with E-state index >= 15 is 0 Å². The molecule has 0 bridgehead atoms. The Hall–Kier alpha value is -3.33. The summed E-state index contributed by atoms with van der Waals surface area (Å²) in [6.07, 6.45) is 0. The lowest BCUT2D eigenvalue weighted by Gasteiger charge is -2.17. The highest BCUT2D eigenvalue weighted by molar-refractivity contribution is 5.88. The molecule has 0 spiro atoms. The molecular weight excluding hydrogens is 361 g/mol. The van der Waals surface area contributed by atoms with Gasteiger partial charge in [-0.2, -0.15) is 0 Å². The van der Waals surface area contributed by atoms with Crippen LogP contribution in [0.1, 0.15) is 22.3 Å². The van der Waals surface area contributed by atoms with Gasteiger partial charge in [-0.15, -0.1) is 0 Å². The zero-order valence-corrected chi connectivity index (χ0v) is 16.7. The summed E-state index contributed by atoms with van der Waals surface area (Å²) in [4.78, 5) is 0. The Morgan fingerprint density at radius 3 is 2.45 bits per heavy atom. The number of anilines is 1. The van der Waals surface area contributed by atoms with E-state index in [4.69, 9.17) is 4.74 Å². The van der Waals surface area contributed by atoms with Gasteiger partial charge in [-0.05, 0) is 60.0 Å². The van der Waals surface area contributed by atoms with Crippen molar-refractivity contribution < 1.29 is 9.13 Å². The molecule has 0 saturated heterocycles. The van der Waals surface area contributed by atoms with E-state index in [9.17, 15) is 4.39 Å². The maximum absolute atomic E-state index is 13.2. The van der Waals surface area contributed by atoms with Crippen molar-refractivity contribution in [2.75, 3.05) is 5.32 Å². The summed E-state index contributed by atoms with van der Waals surface area (Å²) in [5.41, 5.74) is 5.65. The van der Waals surface area contributed by atoms with Crippen molar-refractivity contribution in [1.82, 2.24) is 0 Å². The minimum Gasteiger partial charge on any atom is -0.489 e. The van der Waals surface area contributed by atoms with E-state index < -0.39 is 0 Å². The smallest absolute Gasteiger partial charge is 0.125 e. The summed E-state index contributed by atoms with van der Waals surface area (Å²) >= 11 is 0. The topological polar surface area (TPSA) is 21.3 Å². The molecule has 146 valence electrons. The molecule has 4 aromatic rings. The normalized spacial score (nSPS) is 10.9. The summed E-state index contributed by atoms with van der Waals surface area (Å²) in [7, 11) is 0. The van der Waals surface area contributed by atoms with Gasteiger partial charge in [0.1, 0.15) is 18.2 Å². The van der Waals surface area contributed by atoms with Crippen molar-refractivity contribution in [2.24, 2.45) is 0 Å². The van der Waals surface area contributed by atoms with Gasteiger partial charge in [-0.25, -0.2) is 4.39 Å². The highest BCUT2D eigenvalue weighted by Crippen LogP contribution is 2.30. The molecule has 0 saturated carbocycles. The van der Waals surface area contributed by atoms with E-state index in [1.165, 1.54) is 34.0 Å². The second kappa shape index (κ2) is 8.36. The Bertz CT molecular complexity index is 1140. The average molecular weight is 385 g/mol. The Kier molecular flexibility index (Phi) is 5.48. The fourth-order valence-electron chi connectivity index (χ4n) is 3.57. The molecular formula is C26H24FNO. The first-order valence-corrected chi connectivity index (χ1v) is 9.79. The number of hydrogen-bond donors (Lipinski definition) is 1. The molecule has 0 amide bonds. The van der Waals surface area contributed by atoms with Crippen molar-refractivity contribution in [2.45, 2.75) is 27.0 Å². The summed E-state index contributed by atoms with van der Waals surface area (Å²) in [6, 6.07) is 25.3. The molecule has 1 N–H and O–H groups in total. The fourth-order valence-corrected chi connectivity index (χ4v) is 3.57. The summed E-state index contributed by atoms with van der Waals surface area (Å²) in [5, 5.41) is 5.91. The van der Waals surface area contributed by atoms with Crippen LogP contribution in [0.4, 0.5) is 10.1 Å². The van der Waals surface area contributed by atoms with Crippen LogP contribution in [0.5, 0.6) is 5.75 Å². The van der Waals surface area contributed by atoms with Crippen LogP contribution in [0.15, 0.2) is 78.9 Å². The van der Waals surface area contributed by atoms with Gasteiger partial charge in [0.15, 0.2) is 0 Å². The van der Waals surface area contributed by atoms with Crippen LogP contribution in [0, 0.1) is 19.7 Å². The van der Waals surface area contributed by atoms with Crippen LogP contribution in [0.25, 0.3) is 10.8 Å². The van der Waals surface area contributed by atoms with Gasteiger partial charge in [-0.3, -0.25) is 0 Å². The van der Waals surface area contributed by atoms with E-state index in [2.05, 4.69) is 55.6 Å². The number of rotatable bonds is 6. The van der Waals surface area contributed by atoms with Gasteiger partial charge in [0.25, 0.3) is 0 Å². The van der Waals surface area contributed by atoms with Crippen LogP contribution in [-0.4, -0.2) is 0 Å². The molecule has 0 aliphatic heterocycles.